The first-order chi connectivity index (χ1) is 11.1. The first kappa shape index (κ1) is 22.6. The third-order valence-electron chi connectivity index (χ3n) is 3.43. The van der Waals surface area contributed by atoms with Crippen molar-refractivity contribution in [1.82, 2.24) is 16.0 Å². The van der Waals surface area contributed by atoms with E-state index in [-0.39, 0.29) is 35.7 Å². The number of aliphatic imine (C=N–C) groups is 1. The Morgan fingerprint density at radius 2 is 1.79 bits per heavy atom. The number of carbonyl (C=O) groups excluding carboxylic acids is 1. The monoisotopic (exact) mass is 450 g/mol. The molecule has 0 saturated carbocycles. The molecule has 24 heavy (non-hydrogen) atoms. The first-order valence-corrected chi connectivity index (χ1v) is 8.07. The number of amides is 1. The van der Waals surface area contributed by atoms with Crippen LogP contribution in [0, 0.1) is 12.7 Å². The van der Waals surface area contributed by atoms with Crippen LogP contribution in [-0.2, 0) is 0 Å². The number of guanidine groups is 1. The van der Waals surface area contributed by atoms with Gasteiger partial charge in [-0.05, 0) is 31.0 Å². The van der Waals surface area contributed by atoms with Gasteiger partial charge < -0.3 is 16.0 Å². The fraction of sp³-hybridized carbons (Fsp3) is 0.529. The highest BCUT2D eigenvalue weighted by molar-refractivity contribution is 14.0. The van der Waals surface area contributed by atoms with Crippen molar-refractivity contribution >= 4 is 35.8 Å². The van der Waals surface area contributed by atoms with Crippen LogP contribution in [0.4, 0.5) is 4.39 Å². The fourth-order valence-electron chi connectivity index (χ4n) is 2.00. The third kappa shape index (κ3) is 8.47. The minimum absolute atomic E-state index is 0. The van der Waals surface area contributed by atoms with E-state index in [1.54, 1.807) is 26.1 Å². The Hall–Kier alpha value is -1.38. The maximum absolute atomic E-state index is 13.4. The predicted molar refractivity (Wildman–Crippen MR) is 108 cm³/mol. The summed E-state index contributed by atoms with van der Waals surface area (Å²) in [6.07, 6.45) is 3.47. The quantitative estimate of drug-likeness (QED) is 0.247. The lowest BCUT2D eigenvalue weighted by Crippen LogP contribution is -2.41. The standard InChI is InChI=1S/C17H27FN4O.HI/c1-4-5-6-9-21-17(19-3)22-11-10-20-16(23)14-8-7-13(2)15(18)12-14;/h7-8,12H,4-6,9-11H2,1-3H3,(H,20,23)(H2,19,21,22);1H. The number of hydrogen-bond donors (Lipinski definition) is 3. The Morgan fingerprint density at radius 1 is 1.12 bits per heavy atom. The summed E-state index contributed by atoms with van der Waals surface area (Å²) in [6.45, 7) is 5.69. The fourth-order valence-corrected chi connectivity index (χ4v) is 2.00. The van der Waals surface area contributed by atoms with Gasteiger partial charge in [-0.15, -0.1) is 24.0 Å². The van der Waals surface area contributed by atoms with Crippen LogP contribution in [0.1, 0.15) is 42.1 Å². The van der Waals surface area contributed by atoms with Crippen LogP contribution in [0.3, 0.4) is 0 Å². The highest BCUT2D eigenvalue weighted by Gasteiger charge is 2.07. The van der Waals surface area contributed by atoms with Crippen molar-refractivity contribution in [2.45, 2.75) is 33.1 Å². The lowest BCUT2D eigenvalue weighted by molar-refractivity contribution is 0.0954. The minimum atomic E-state index is -0.368. The van der Waals surface area contributed by atoms with Crippen LogP contribution >= 0.6 is 24.0 Å². The topological polar surface area (TPSA) is 65.5 Å². The number of nitrogens with one attached hydrogen (secondary N) is 3. The summed E-state index contributed by atoms with van der Waals surface area (Å²) < 4.78 is 13.4. The minimum Gasteiger partial charge on any atom is -0.356 e. The SMILES string of the molecule is CCCCCNC(=NC)NCCNC(=O)c1ccc(C)c(F)c1.I. The van der Waals surface area contributed by atoms with Gasteiger partial charge in [-0.3, -0.25) is 9.79 Å². The molecule has 1 aromatic rings. The Labute approximate surface area is 160 Å². The van der Waals surface area contributed by atoms with Crippen molar-refractivity contribution < 1.29 is 9.18 Å². The molecule has 0 saturated heterocycles. The molecular formula is C17H28FIN4O. The largest absolute Gasteiger partial charge is 0.356 e. The van der Waals surface area contributed by atoms with Crippen LogP contribution < -0.4 is 16.0 Å². The number of nitrogens with zero attached hydrogens (tertiary/aromatic N) is 1. The number of carbonyl (C=O) groups is 1. The van der Waals surface area contributed by atoms with Gasteiger partial charge in [0.15, 0.2) is 5.96 Å². The van der Waals surface area contributed by atoms with E-state index in [0.29, 0.717) is 24.2 Å². The lowest BCUT2D eigenvalue weighted by Gasteiger charge is -2.12. The lowest BCUT2D eigenvalue weighted by atomic mass is 10.1. The summed E-state index contributed by atoms with van der Waals surface area (Å²) in [4.78, 5) is 16.0. The van der Waals surface area contributed by atoms with E-state index in [2.05, 4.69) is 27.9 Å². The molecule has 0 heterocycles. The number of rotatable bonds is 8. The highest BCUT2D eigenvalue weighted by Crippen LogP contribution is 2.08. The molecule has 7 heteroatoms. The molecule has 0 radical (unpaired) electrons. The maximum atomic E-state index is 13.4. The van der Waals surface area contributed by atoms with Crippen LogP contribution in [-0.4, -0.2) is 38.5 Å². The summed E-state index contributed by atoms with van der Waals surface area (Å²) in [6, 6.07) is 4.48. The maximum Gasteiger partial charge on any atom is 0.251 e. The van der Waals surface area contributed by atoms with Gasteiger partial charge in [-0.2, -0.15) is 0 Å². The first-order valence-electron chi connectivity index (χ1n) is 8.07. The number of benzene rings is 1. The van der Waals surface area contributed by atoms with E-state index in [1.165, 1.54) is 18.9 Å². The van der Waals surface area contributed by atoms with Crippen LogP contribution in [0.25, 0.3) is 0 Å². The van der Waals surface area contributed by atoms with E-state index >= 15 is 0 Å². The zero-order valence-corrected chi connectivity index (χ0v) is 16.9. The van der Waals surface area contributed by atoms with Crippen LogP contribution in [0.15, 0.2) is 23.2 Å². The van der Waals surface area contributed by atoms with Crippen molar-refractivity contribution in [2.24, 2.45) is 4.99 Å². The summed E-state index contributed by atoms with van der Waals surface area (Å²) in [5.41, 5.74) is 0.858. The molecule has 5 nitrogen and oxygen atoms in total. The predicted octanol–water partition coefficient (Wildman–Crippen LogP) is 2.84. The van der Waals surface area contributed by atoms with Crippen molar-refractivity contribution in [2.75, 3.05) is 26.7 Å². The Kier molecular flexibility index (Phi) is 12.2. The molecule has 0 aliphatic carbocycles. The van der Waals surface area contributed by atoms with Crippen LogP contribution in [0.5, 0.6) is 0 Å². The van der Waals surface area contributed by atoms with Gasteiger partial charge in [-0.1, -0.05) is 25.8 Å². The van der Waals surface area contributed by atoms with E-state index in [9.17, 15) is 9.18 Å². The molecule has 0 atom stereocenters. The van der Waals surface area contributed by atoms with Crippen molar-refractivity contribution in [3.8, 4) is 0 Å². The number of hydrogen-bond acceptors (Lipinski definition) is 2. The second-order valence-electron chi connectivity index (χ2n) is 5.35. The van der Waals surface area contributed by atoms with Crippen molar-refractivity contribution in [1.29, 1.82) is 0 Å². The summed E-state index contributed by atoms with van der Waals surface area (Å²) in [5.74, 6) is 0.0702. The zero-order valence-electron chi connectivity index (χ0n) is 14.6. The molecule has 136 valence electrons. The Bertz CT molecular complexity index is 537. The van der Waals surface area contributed by atoms with Gasteiger partial charge >= 0.3 is 0 Å². The molecular weight excluding hydrogens is 422 g/mol. The molecule has 1 rings (SSSR count). The van der Waals surface area contributed by atoms with Crippen molar-refractivity contribution in [3.05, 3.63) is 35.1 Å². The van der Waals surface area contributed by atoms with E-state index < -0.39 is 0 Å². The Morgan fingerprint density at radius 3 is 2.42 bits per heavy atom. The van der Waals surface area contributed by atoms with E-state index in [0.717, 1.165) is 18.9 Å². The van der Waals surface area contributed by atoms with E-state index in [4.69, 9.17) is 0 Å². The normalized spacial score (nSPS) is 10.8. The second-order valence-corrected chi connectivity index (χ2v) is 5.35. The van der Waals surface area contributed by atoms with Gasteiger partial charge in [0.25, 0.3) is 5.91 Å². The van der Waals surface area contributed by atoms with Gasteiger partial charge in [0.2, 0.25) is 0 Å². The molecule has 1 aromatic carbocycles. The molecule has 3 N–H and O–H groups in total. The van der Waals surface area contributed by atoms with Crippen LogP contribution in [0.2, 0.25) is 0 Å². The smallest absolute Gasteiger partial charge is 0.251 e. The molecule has 0 aliphatic heterocycles. The Balaban J connectivity index is 0.00000529. The molecule has 0 unspecified atom stereocenters. The summed E-state index contributed by atoms with van der Waals surface area (Å²) >= 11 is 0. The number of unbranched alkanes of at least 4 members (excludes halogenated alkanes) is 2. The molecule has 1 amide bonds. The van der Waals surface area contributed by atoms with Gasteiger partial charge in [0.1, 0.15) is 5.82 Å². The summed E-state index contributed by atoms with van der Waals surface area (Å²) in [5, 5.41) is 9.09. The zero-order chi connectivity index (χ0) is 17.1. The summed E-state index contributed by atoms with van der Waals surface area (Å²) in [7, 11) is 1.71. The average molecular weight is 450 g/mol. The second kappa shape index (κ2) is 13.0. The van der Waals surface area contributed by atoms with Gasteiger partial charge in [0, 0.05) is 32.2 Å². The molecule has 0 bridgehead atoms. The highest BCUT2D eigenvalue weighted by atomic mass is 127. The third-order valence-corrected chi connectivity index (χ3v) is 3.43. The average Bonchev–Trinajstić information content (AvgIpc) is 2.55. The molecule has 0 spiro atoms. The van der Waals surface area contributed by atoms with Crippen molar-refractivity contribution in [3.63, 3.8) is 0 Å². The molecule has 0 fully saturated rings. The van der Waals surface area contributed by atoms with Gasteiger partial charge in [-0.25, -0.2) is 4.39 Å². The van der Waals surface area contributed by atoms with Gasteiger partial charge in [0.05, 0.1) is 0 Å². The number of aryl methyl sites for hydroxylation is 1. The van der Waals surface area contributed by atoms with E-state index in [1.807, 2.05) is 0 Å². The molecule has 0 aliphatic rings. The number of halogens is 2. The molecule has 0 aromatic heterocycles.